The first-order valence-electron chi connectivity index (χ1n) is 6.39. The lowest BCUT2D eigenvalue weighted by molar-refractivity contribution is -0.134. The molecule has 0 bridgehead atoms. The highest BCUT2D eigenvalue weighted by molar-refractivity contribution is 5.74. The summed E-state index contributed by atoms with van der Waals surface area (Å²) in [7, 11) is 1.60. The summed E-state index contributed by atoms with van der Waals surface area (Å²) in [5.41, 5.74) is 1.98. The van der Waals surface area contributed by atoms with Crippen LogP contribution < -0.4 is 9.47 Å². The van der Waals surface area contributed by atoms with Gasteiger partial charge >= 0.3 is 5.97 Å². The van der Waals surface area contributed by atoms with Gasteiger partial charge in [0, 0.05) is 12.0 Å². The van der Waals surface area contributed by atoms with Crippen LogP contribution in [0.25, 0.3) is 0 Å². The molecule has 0 radical (unpaired) electrons. The van der Waals surface area contributed by atoms with E-state index < -0.39 is 0 Å². The van der Waals surface area contributed by atoms with Crippen molar-refractivity contribution in [1.82, 2.24) is 0 Å². The number of ether oxygens (including phenoxy) is 2. The van der Waals surface area contributed by atoms with Gasteiger partial charge in [-0.05, 0) is 24.8 Å². The summed E-state index contributed by atoms with van der Waals surface area (Å²) in [6, 6.07) is 3.99. The molecular formula is C15H22O3. The van der Waals surface area contributed by atoms with Crippen molar-refractivity contribution in [2.24, 2.45) is 0 Å². The second-order valence-electron chi connectivity index (χ2n) is 4.71. The van der Waals surface area contributed by atoms with Crippen molar-refractivity contribution >= 4 is 5.97 Å². The van der Waals surface area contributed by atoms with E-state index in [0.29, 0.717) is 17.9 Å². The van der Waals surface area contributed by atoms with Gasteiger partial charge in [-0.25, -0.2) is 0 Å². The van der Waals surface area contributed by atoms with Crippen molar-refractivity contribution in [3.63, 3.8) is 0 Å². The van der Waals surface area contributed by atoms with Crippen LogP contribution in [0.2, 0.25) is 0 Å². The fourth-order valence-electron chi connectivity index (χ4n) is 1.86. The third kappa shape index (κ3) is 3.25. The fraction of sp³-hybridized carbons (Fsp3) is 0.533. The minimum atomic E-state index is -0.205. The molecule has 0 aliphatic rings. The van der Waals surface area contributed by atoms with Crippen LogP contribution >= 0.6 is 0 Å². The predicted molar refractivity (Wildman–Crippen MR) is 72.4 cm³/mol. The average molecular weight is 250 g/mol. The Bertz CT molecular complexity index is 422. The maximum atomic E-state index is 11.7. The quantitative estimate of drug-likeness (QED) is 0.588. The van der Waals surface area contributed by atoms with Crippen LogP contribution in [0.3, 0.4) is 0 Å². The van der Waals surface area contributed by atoms with Crippen molar-refractivity contribution in [3.05, 3.63) is 23.3 Å². The molecule has 0 aliphatic carbocycles. The molecule has 0 aromatic heterocycles. The molecule has 0 spiro atoms. The molecule has 0 atom stereocenters. The molecule has 1 aromatic carbocycles. The van der Waals surface area contributed by atoms with Crippen molar-refractivity contribution in [1.29, 1.82) is 0 Å². The van der Waals surface area contributed by atoms with Gasteiger partial charge in [-0.3, -0.25) is 4.79 Å². The summed E-state index contributed by atoms with van der Waals surface area (Å²) in [6.07, 6.45) is 1.21. The first-order valence-corrected chi connectivity index (χ1v) is 6.39. The number of hydrogen-bond acceptors (Lipinski definition) is 3. The fourth-order valence-corrected chi connectivity index (χ4v) is 1.86. The molecule has 0 N–H and O–H groups in total. The zero-order chi connectivity index (χ0) is 13.7. The smallest absolute Gasteiger partial charge is 0.311 e. The lowest BCUT2D eigenvalue weighted by Gasteiger charge is -2.17. The van der Waals surface area contributed by atoms with E-state index >= 15 is 0 Å². The van der Waals surface area contributed by atoms with E-state index in [1.165, 1.54) is 0 Å². The Hall–Kier alpha value is -1.51. The van der Waals surface area contributed by atoms with Gasteiger partial charge in [0.15, 0.2) is 11.5 Å². The molecule has 0 fully saturated rings. The Labute approximate surface area is 109 Å². The second-order valence-corrected chi connectivity index (χ2v) is 4.71. The topological polar surface area (TPSA) is 35.5 Å². The van der Waals surface area contributed by atoms with Crippen LogP contribution in [-0.2, 0) is 4.79 Å². The summed E-state index contributed by atoms with van der Waals surface area (Å²) >= 11 is 0. The monoisotopic (exact) mass is 250 g/mol. The summed E-state index contributed by atoms with van der Waals surface area (Å²) in [5.74, 6) is 1.31. The van der Waals surface area contributed by atoms with Gasteiger partial charge in [0.25, 0.3) is 0 Å². The van der Waals surface area contributed by atoms with Gasteiger partial charge in [-0.2, -0.15) is 0 Å². The minimum absolute atomic E-state index is 0.205. The highest BCUT2D eigenvalue weighted by atomic mass is 16.6. The lowest BCUT2D eigenvalue weighted by atomic mass is 9.99. The molecule has 1 rings (SSSR count). The normalized spacial score (nSPS) is 10.6. The average Bonchev–Trinajstić information content (AvgIpc) is 2.29. The number of methoxy groups -OCH3 is 1. The zero-order valence-corrected chi connectivity index (χ0v) is 11.9. The van der Waals surface area contributed by atoms with Gasteiger partial charge in [0.05, 0.1) is 7.11 Å². The Kier molecular flexibility index (Phi) is 5.20. The molecule has 0 unspecified atom stereocenters. The molecule has 18 heavy (non-hydrogen) atoms. The summed E-state index contributed by atoms with van der Waals surface area (Å²) in [6.45, 7) is 8.04. The number of benzene rings is 1. The first-order chi connectivity index (χ1) is 8.51. The van der Waals surface area contributed by atoms with E-state index in [-0.39, 0.29) is 11.9 Å². The van der Waals surface area contributed by atoms with E-state index in [1.54, 1.807) is 7.11 Å². The summed E-state index contributed by atoms with van der Waals surface area (Å²) in [5, 5.41) is 0. The Balaban J connectivity index is 3.19. The largest absolute Gasteiger partial charge is 0.493 e. The maximum Gasteiger partial charge on any atom is 0.311 e. The zero-order valence-electron chi connectivity index (χ0n) is 11.9. The minimum Gasteiger partial charge on any atom is -0.493 e. The molecule has 0 saturated heterocycles. The van der Waals surface area contributed by atoms with Crippen molar-refractivity contribution in [2.75, 3.05) is 7.11 Å². The van der Waals surface area contributed by atoms with E-state index in [0.717, 1.165) is 17.5 Å². The van der Waals surface area contributed by atoms with Crippen LogP contribution in [0.4, 0.5) is 0 Å². The SMILES string of the molecule is CCCC(=O)Oc1c(C(C)C)ccc(C)c1OC. The standard InChI is InChI=1S/C15H22O3/c1-6-7-13(16)18-15-12(10(2)3)9-8-11(4)14(15)17-5/h8-10H,6-7H2,1-5H3. The van der Waals surface area contributed by atoms with Crippen molar-refractivity contribution in [2.45, 2.75) is 46.5 Å². The second kappa shape index (κ2) is 6.43. The van der Waals surface area contributed by atoms with E-state index in [4.69, 9.17) is 9.47 Å². The van der Waals surface area contributed by atoms with Gasteiger partial charge in [0.2, 0.25) is 0 Å². The number of carbonyl (C=O) groups is 1. The molecule has 0 aliphatic heterocycles. The summed E-state index contributed by atoms with van der Waals surface area (Å²) < 4.78 is 10.9. The first kappa shape index (κ1) is 14.6. The lowest BCUT2D eigenvalue weighted by Crippen LogP contribution is -2.10. The summed E-state index contributed by atoms with van der Waals surface area (Å²) in [4.78, 5) is 11.7. The Morgan fingerprint density at radius 3 is 2.44 bits per heavy atom. The maximum absolute atomic E-state index is 11.7. The molecule has 3 nitrogen and oxygen atoms in total. The number of hydrogen-bond donors (Lipinski definition) is 0. The van der Waals surface area contributed by atoms with Crippen LogP contribution in [0.15, 0.2) is 12.1 Å². The van der Waals surface area contributed by atoms with Gasteiger partial charge < -0.3 is 9.47 Å². The van der Waals surface area contributed by atoms with E-state index in [1.807, 2.05) is 26.0 Å². The van der Waals surface area contributed by atoms with Crippen molar-refractivity contribution in [3.8, 4) is 11.5 Å². The molecule has 0 amide bonds. The Morgan fingerprint density at radius 2 is 1.94 bits per heavy atom. The predicted octanol–water partition coefficient (Wildman–Crippen LogP) is 3.83. The van der Waals surface area contributed by atoms with E-state index in [2.05, 4.69) is 13.8 Å². The van der Waals surface area contributed by atoms with E-state index in [9.17, 15) is 4.79 Å². The van der Waals surface area contributed by atoms with Gasteiger partial charge in [0.1, 0.15) is 0 Å². The highest BCUT2D eigenvalue weighted by Gasteiger charge is 2.18. The molecule has 0 saturated carbocycles. The molecule has 3 heteroatoms. The molecule has 0 heterocycles. The van der Waals surface area contributed by atoms with Crippen LogP contribution in [0.1, 0.15) is 50.7 Å². The number of carbonyl (C=O) groups excluding carboxylic acids is 1. The van der Waals surface area contributed by atoms with Crippen LogP contribution in [-0.4, -0.2) is 13.1 Å². The molecular weight excluding hydrogens is 228 g/mol. The van der Waals surface area contributed by atoms with Crippen molar-refractivity contribution < 1.29 is 14.3 Å². The number of esters is 1. The number of aryl methyl sites for hydroxylation is 1. The third-order valence-corrected chi connectivity index (χ3v) is 2.84. The van der Waals surface area contributed by atoms with Crippen LogP contribution in [0, 0.1) is 6.92 Å². The van der Waals surface area contributed by atoms with Gasteiger partial charge in [-0.1, -0.05) is 32.9 Å². The number of rotatable bonds is 5. The van der Waals surface area contributed by atoms with Gasteiger partial charge in [-0.15, -0.1) is 0 Å². The molecule has 1 aromatic rings. The van der Waals surface area contributed by atoms with Crippen LogP contribution in [0.5, 0.6) is 11.5 Å². The molecule has 100 valence electrons. The highest BCUT2D eigenvalue weighted by Crippen LogP contribution is 2.38. The Morgan fingerprint density at radius 1 is 1.28 bits per heavy atom. The third-order valence-electron chi connectivity index (χ3n) is 2.84.